The molecule has 5 nitrogen and oxygen atoms in total. The second-order valence-corrected chi connectivity index (χ2v) is 7.83. The number of amides is 2. The van der Waals surface area contributed by atoms with Crippen molar-refractivity contribution in [3.63, 3.8) is 0 Å². The molecule has 0 aromatic rings. The van der Waals surface area contributed by atoms with E-state index in [0.29, 0.717) is 17.9 Å². The summed E-state index contributed by atoms with van der Waals surface area (Å²) in [7, 11) is 0. The molecule has 3 aliphatic carbocycles. The van der Waals surface area contributed by atoms with Gasteiger partial charge in [-0.25, -0.2) is 0 Å². The Labute approximate surface area is 139 Å². The quantitative estimate of drug-likeness (QED) is 0.737. The van der Waals surface area contributed by atoms with Crippen molar-refractivity contribution in [3.8, 4) is 0 Å². The number of hydrogen-bond donors (Lipinski definition) is 3. The first-order valence-electron chi connectivity index (χ1n) is 9.46. The van der Waals surface area contributed by atoms with Crippen LogP contribution in [0.5, 0.6) is 0 Å². The van der Waals surface area contributed by atoms with E-state index in [4.69, 9.17) is 5.73 Å². The molecule has 23 heavy (non-hydrogen) atoms. The molecule has 0 aromatic carbocycles. The third-order valence-electron chi connectivity index (χ3n) is 6.10. The van der Waals surface area contributed by atoms with Crippen LogP contribution in [0.2, 0.25) is 0 Å². The van der Waals surface area contributed by atoms with E-state index in [2.05, 4.69) is 10.6 Å². The number of nitrogens with one attached hydrogen (secondary N) is 2. The molecule has 2 unspecified atom stereocenters. The molecule has 0 spiro atoms. The summed E-state index contributed by atoms with van der Waals surface area (Å²) in [5.41, 5.74) is 6.13. The summed E-state index contributed by atoms with van der Waals surface area (Å²) < 4.78 is 0. The van der Waals surface area contributed by atoms with Crippen LogP contribution in [-0.2, 0) is 9.59 Å². The van der Waals surface area contributed by atoms with Gasteiger partial charge in [0.1, 0.15) is 0 Å². The maximum absolute atomic E-state index is 12.3. The van der Waals surface area contributed by atoms with Gasteiger partial charge in [0.15, 0.2) is 0 Å². The SMILES string of the molecule is NC1CC2CCCC(C1)C2NC(=O)CNC(=O)C1CCCCC1. The lowest BCUT2D eigenvalue weighted by molar-refractivity contribution is -0.130. The lowest BCUT2D eigenvalue weighted by Gasteiger charge is -2.45. The molecule has 0 radical (unpaired) electrons. The van der Waals surface area contributed by atoms with Crippen molar-refractivity contribution in [1.82, 2.24) is 10.6 Å². The van der Waals surface area contributed by atoms with Gasteiger partial charge in [-0.15, -0.1) is 0 Å². The first-order valence-corrected chi connectivity index (χ1v) is 9.46. The van der Waals surface area contributed by atoms with E-state index in [0.717, 1.165) is 38.5 Å². The third kappa shape index (κ3) is 4.25. The minimum absolute atomic E-state index is 0.0356. The molecular formula is C18H31N3O2. The van der Waals surface area contributed by atoms with Gasteiger partial charge in [0, 0.05) is 18.0 Å². The molecule has 2 bridgehead atoms. The maximum atomic E-state index is 12.3. The van der Waals surface area contributed by atoms with Crippen LogP contribution in [-0.4, -0.2) is 30.4 Å². The van der Waals surface area contributed by atoms with Crippen molar-refractivity contribution in [2.24, 2.45) is 23.5 Å². The Morgan fingerprint density at radius 2 is 1.57 bits per heavy atom. The number of hydrogen-bond acceptors (Lipinski definition) is 3. The summed E-state index contributed by atoms with van der Waals surface area (Å²) in [5, 5.41) is 6.03. The first-order chi connectivity index (χ1) is 11.1. The van der Waals surface area contributed by atoms with Crippen molar-refractivity contribution in [2.45, 2.75) is 76.3 Å². The molecule has 0 aromatic heterocycles. The standard InChI is InChI=1S/C18H31N3O2/c19-15-9-13-7-4-8-14(10-15)17(13)21-16(22)11-20-18(23)12-5-2-1-3-6-12/h12-15,17H,1-11,19H2,(H,20,23)(H,21,22). The zero-order chi connectivity index (χ0) is 16.2. The first kappa shape index (κ1) is 16.7. The molecule has 5 heteroatoms. The van der Waals surface area contributed by atoms with Gasteiger partial charge in [0.2, 0.25) is 11.8 Å². The third-order valence-corrected chi connectivity index (χ3v) is 6.10. The van der Waals surface area contributed by atoms with Crippen LogP contribution in [0, 0.1) is 17.8 Å². The molecule has 3 aliphatic rings. The molecule has 2 atom stereocenters. The van der Waals surface area contributed by atoms with Crippen LogP contribution < -0.4 is 16.4 Å². The second-order valence-electron chi connectivity index (χ2n) is 7.83. The average molecular weight is 321 g/mol. The highest BCUT2D eigenvalue weighted by atomic mass is 16.2. The molecule has 0 heterocycles. The molecule has 0 aliphatic heterocycles. The molecule has 3 fully saturated rings. The fraction of sp³-hybridized carbons (Fsp3) is 0.889. The zero-order valence-corrected chi connectivity index (χ0v) is 14.1. The van der Waals surface area contributed by atoms with Crippen LogP contribution >= 0.6 is 0 Å². The van der Waals surface area contributed by atoms with Crippen molar-refractivity contribution < 1.29 is 9.59 Å². The Morgan fingerprint density at radius 3 is 2.22 bits per heavy atom. The summed E-state index contributed by atoms with van der Waals surface area (Å²) in [6.07, 6.45) is 11.1. The van der Waals surface area contributed by atoms with Crippen molar-refractivity contribution in [3.05, 3.63) is 0 Å². The molecule has 3 saturated carbocycles. The normalized spacial score (nSPS) is 34.7. The number of rotatable bonds is 4. The lowest BCUT2D eigenvalue weighted by atomic mass is 9.67. The van der Waals surface area contributed by atoms with Gasteiger partial charge in [0.05, 0.1) is 6.54 Å². The predicted octanol–water partition coefficient (Wildman–Crippen LogP) is 1.71. The van der Waals surface area contributed by atoms with E-state index in [1.54, 1.807) is 0 Å². The van der Waals surface area contributed by atoms with Crippen molar-refractivity contribution in [2.75, 3.05) is 6.54 Å². The minimum atomic E-state index is -0.0356. The van der Waals surface area contributed by atoms with E-state index >= 15 is 0 Å². The van der Waals surface area contributed by atoms with Crippen molar-refractivity contribution in [1.29, 1.82) is 0 Å². The largest absolute Gasteiger partial charge is 0.351 e. The Kier molecular flexibility index (Phi) is 5.57. The van der Waals surface area contributed by atoms with Crippen LogP contribution in [0.25, 0.3) is 0 Å². The number of carbonyl (C=O) groups excluding carboxylic acids is 2. The monoisotopic (exact) mass is 321 g/mol. The van der Waals surface area contributed by atoms with E-state index in [-0.39, 0.29) is 30.3 Å². The summed E-state index contributed by atoms with van der Waals surface area (Å²) >= 11 is 0. The Morgan fingerprint density at radius 1 is 0.913 bits per heavy atom. The van der Waals surface area contributed by atoms with E-state index in [9.17, 15) is 9.59 Å². The van der Waals surface area contributed by atoms with E-state index in [1.807, 2.05) is 0 Å². The van der Waals surface area contributed by atoms with Crippen molar-refractivity contribution >= 4 is 11.8 Å². The Bertz CT molecular complexity index is 420. The van der Waals surface area contributed by atoms with Gasteiger partial charge in [0.25, 0.3) is 0 Å². The Balaban J connectivity index is 1.44. The fourth-order valence-corrected chi connectivity index (χ4v) is 4.94. The number of nitrogens with two attached hydrogens (primary N) is 1. The average Bonchev–Trinajstić information content (AvgIpc) is 2.54. The van der Waals surface area contributed by atoms with Gasteiger partial charge in [-0.05, 0) is 50.4 Å². The molecule has 4 N–H and O–H groups in total. The van der Waals surface area contributed by atoms with Gasteiger partial charge < -0.3 is 16.4 Å². The molecule has 2 amide bonds. The highest BCUT2D eigenvalue weighted by Crippen LogP contribution is 2.39. The number of fused-ring (bicyclic) bond motifs is 2. The fourth-order valence-electron chi connectivity index (χ4n) is 4.94. The minimum Gasteiger partial charge on any atom is -0.351 e. The molecule has 0 saturated heterocycles. The van der Waals surface area contributed by atoms with Gasteiger partial charge in [-0.2, -0.15) is 0 Å². The van der Waals surface area contributed by atoms with Gasteiger partial charge >= 0.3 is 0 Å². The summed E-state index contributed by atoms with van der Waals surface area (Å²) in [6, 6.07) is 0.562. The highest BCUT2D eigenvalue weighted by Gasteiger charge is 2.39. The summed E-state index contributed by atoms with van der Waals surface area (Å²) in [6.45, 7) is 0.122. The predicted molar refractivity (Wildman–Crippen MR) is 89.6 cm³/mol. The smallest absolute Gasteiger partial charge is 0.239 e. The van der Waals surface area contributed by atoms with Crippen LogP contribution in [0.3, 0.4) is 0 Å². The highest BCUT2D eigenvalue weighted by molar-refractivity contribution is 5.86. The van der Waals surface area contributed by atoms with E-state index < -0.39 is 0 Å². The molecule has 3 rings (SSSR count). The van der Waals surface area contributed by atoms with Crippen LogP contribution in [0.1, 0.15) is 64.2 Å². The van der Waals surface area contributed by atoms with Crippen LogP contribution in [0.15, 0.2) is 0 Å². The second kappa shape index (κ2) is 7.65. The molecular weight excluding hydrogens is 290 g/mol. The Hall–Kier alpha value is -1.10. The zero-order valence-electron chi connectivity index (χ0n) is 14.1. The van der Waals surface area contributed by atoms with Crippen LogP contribution in [0.4, 0.5) is 0 Å². The van der Waals surface area contributed by atoms with Gasteiger partial charge in [-0.1, -0.05) is 25.7 Å². The topological polar surface area (TPSA) is 84.2 Å². The van der Waals surface area contributed by atoms with E-state index in [1.165, 1.54) is 25.7 Å². The lowest BCUT2D eigenvalue weighted by Crippen LogP contribution is -2.55. The number of carbonyl (C=O) groups is 2. The maximum Gasteiger partial charge on any atom is 0.239 e. The summed E-state index contributed by atoms with van der Waals surface area (Å²) in [5.74, 6) is 1.19. The molecule has 130 valence electrons. The van der Waals surface area contributed by atoms with Gasteiger partial charge in [-0.3, -0.25) is 9.59 Å². The summed E-state index contributed by atoms with van der Waals surface area (Å²) in [4.78, 5) is 24.4.